The van der Waals surface area contributed by atoms with Gasteiger partial charge in [-0.2, -0.15) is 0 Å². The second-order valence-electron chi connectivity index (χ2n) is 8.49. The third-order valence-corrected chi connectivity index (χ3v) is 7.02. The molecule has 0 radical (unpaired) electrons. The minimum Gasteiger partial charge on any atom is -0.486 e. The van der Waals surface area contributed by atoms with Gasteiger partial charge in [-0.15, -0.1) is 0 Å². The first-order valence-corrected chi connectivity index (χ1v) is 12.8. The van der Waals surface area contributed by atoms with E-state index in [0.717, 1.165) is 23.9 Å². The maximum Gasteiger partial charge on any atom is 0.240 e. The Morgan fingerprint density at radius 3 is 2.62 bits per heavy atom. The van der Waals surface area contributed by atoms with E-state index >= 15 is 4.39 Å². The largest absolute Gasteiger partial charge is 0.486 e. The summed E-state index contributed by atoms with van der Waals surface area (Å²) in [5.74, 6) is -1.95. The van der Waals surface area contributed by atoms with Gasteiger partial charge < -0.3 is 14.2 Å². The fraction of sp³-hybridized carbons (Fsp3) is 0.240. The fourth-order valence-corrected chi connectivity index (χ4v) is 4.86. The smallest absolute Gasteiger partial charge is 0.240 e. The van der Waals surface area contributed by atoms with Crippen LogP contribution >= 0.6 is 0 Å². The van der Waals surface area contributed by atoms with Crippen LogP contribution in [0, 0.1) is 18.6 Å². The Morgan fingerprint density at radius 2 is 1.92 bits per heavy atom. The van der Waals surface area contributed by atoms with Crippen molar-refractivity contribution in [2.24, 2.45) is 5.14 Å². The van der Waals surface area contributed by atoms with Crippen LogP contribution in [0.1, 0.15) is 12.1 Å². The van der Waals surface area contributed by atoms with E-state index in [-0.39, 0.29) is 17.5 Å². The van der Waals surface area contributed by atoms with Gasteiger partial charge in [-0.1, -0.05) is 0 Å². The van der Waals surface area contributed by atoms with Crippen LogP contribution in [-0.2, 0) is 14.8 Å². The molecule has 5 rings (SSSR count). The number of hydrogen-bond donors (Lipinski definition) is 1. The molecule has 192 valence electrons. The predicted octanol–water partition coefficient (Wildman–Crippen LogP) is 3.77. The maximum atomic E-state index is 15.3. The third kappa shape index (κ3) is 4.70. The van der Waals surface area contributed by atoms with E-state index in [9.17, 15) is 12.8 Å². The molecular formula is C25H22F2N4O5S. The Bertz CT molecular complexity index is 1630. The van der Waals surface area contributed by atoms with Gasteiger partial charge in [0, 0.05) is 29.3 Å². The number of rotatable bonds is 6. The summed E-state index contributed by atoms with van der Waals surface area (Å²) in [6, 6.07) is 6.65. The standard InChI is InChI=1S/C25H22F2N4O5S/c1-13-17-7-14(9-20(24(17)31-12-30-13)36-16-5-6-35-11-16)15-8-18(25(34-2)29-10-15)22-19(26)3-4-21(23(22)27)37(28,32)33/h3-4,7-10,12,16H,5-6,11H2,1-2H3,(H2,28,32,33). The van der Waals surface area contributed by atoms with E-state index in [1.807, 2.05) is 13.0 Å². The Morgan fingerprint density at radius 1 is 1.11 bits per heavy atom. The fourth-order valence-electron chi connectivity index (χ4n) is 4.25. The molecule has 9 nitrogen and oxygen atoms in total. The highest BCUT2D eigenvalue weighted by Crippen LogP contribution is 2.39. The highest BCUT2D eigenvalue weighted by Gasteiger charge is 2.25. The SMILES string of the molecule is COc1ncc(-c2cc(OC3CCOC3)c3ncnc(C)c3c2)cc1-c1c(F)ccc(S(N)(=O)=O)c1F. The quantitative estimate of drug-likeness (QED) is 0.401. The molecule has 4 aromatic rings. The second kappa shape index (κ2) is 9.61. The Labute approximate surface area is 211 Å². The molecule has 1 atom stereocenters. The number of halogens is 2. The average molecular weight is 529 g/mol. The van der Waals surface area contributed by atoms with E-state index in [0.29, 0.717) is 41.3 Å². The average Bonchev–Trinajstić information content (AvgIpc) is 3.37. The van der Waals surface area contributed by atoms with Crippen LogP contribution in [0.4, 0.5) is 8.78 Å². The molecule has 2 N–H and O–H groups in total. The van der Waals surface area contributed by atoms with Gasteiger partial charge >= 0.3 is 0 Å². The van der Waals surface area contributed by atoms with Crippen molar-refractivity contribution in [2.75, 3.05) is 20.3 Å². The van der Waals surface area contributed by atoms with Gasteiger partial charge in [-0.3, -0.25) is 0 Å². The van der Waals surface area contributed by atoms with Crippen LogP contribution in [0.15, 0.2) is 47.8 Å². The van der Waals surface area contributed by atoms with Crippen molar-refractivity contribution in [3.05, 3.63) is 60.2 Å². The van der Waals surface area contributed by atoms with Gasteiger partial charge in [-0.25, -0.2) is 37.3 Å². The molecule has 1 aliphatic rings. The Hall–Kier alpha value is -3.74. The van der Waals surface area contributed by atoms with E-state index in [1.165, 1.54) is 25.7 Å². The first-order chi connectivity index (χ1) is 17.7. The normalized spacial score (nSPS) is 15.8. The van der Waals surface area contributed by atoms with Crippen molar-refractivity contribution in [3.8, 4) is 33.9 Å². The topological polar surface area (TPSA) is 127 Å². The lowest BCUT2D eigenvalue weighted by atomic mass is 9.98. The van der Waals surface area contributed by atoms with Gasteiger partial charge in [0.2, 0.25) is 15.9 Å². The summed E-state index contributed by atoms with van der Waals surface area (Å²) in [6.07, 6.45) is 3.50. The number of ether oxygens (including phenoxy) is 3. The zero-order chi connectivity index (χ0) is 26.3. The molecule has 2 aromatic carbocycles. The van der Waals surface area contributed by atoms with Crippen LogP contribution in [0.5, 0.6) is 11.6 Å². The molecule has 0 spiro atoms. The van der Waals surface area contributed by atoms with Gasteiger partial charge in [0.25, 0.3) is 0 Å². The summed E-state index contributed by atoms with van der Waals surface area (Å²) >= 11 is 0. The van der Waals surface area contributed by atoms with E-state index in [2.05, 4.69) is 15.0 Å². The Balaban J connectivity index is 1.71. The van der Waals surface area contributed by atoms with Crippen LogP contribution in [-0.4, -0.2) is 49.8 Å². The molecule has 12 heteroatoms. The number of fused-ring (bicyclic) bond motifs is 1. The molecule has 1 fully saturated rings. The lowest BCUT2D eigenvalue weighted by Gasteiger charge is -2.17. The molecule has 1 unspecified atom stereocenters. The van der Waals surface area contributed by atoms with E-state index in [4.69, 9.17) is 19.3 Å². The molecule has 1 aliphatic heterocycles. The molecule has 0 aliphatic carbocycles. The summed E-state index contributed by atoms with van der Waals surface area (Å²) in [4.78, 5) is 12.0. The number of pyridine rings is 1. The van der Waals surface area contributed by atoms with Crippen molar-refractivity contribution in [2.45, 2.75) is 24.3 Å². The number of sulfonamides is 1. The predicted molar refractivity (Wildman–Crippen MR) is 131 cm³/mol. The second-order valence-corrected chi connectivity index (χ2v) is 10.0. The minimum atomic E-state index is -4.45. The van der Waals surface area contributed by atoms with Gasteiger partial charge in [0.1, 0.15) is 34.4 Å². The summed E-state index contributed by atoms with van der Waals surface area (Å²) in [5, 5.41) is 5.85. The molecule has 2 aromatic heterocycles. The number of primary sulfonamides is 1. The number of nitrogens with two attached hydrogens (primary N) is 1. The molecule has 0 saturated carbocycles. The molecule has 37 heavy (non-hydrogen) atoms. The number of hydrogen-bond acceptors (Lipinski definition) is 8. The first kappa shape index (κ1) is 24.9. The first-order valence-electron chi connectivity index (χ1n) is 11.2. The Kier molecular flexibility index (Phi) is 6.48. The lowest BCUT2D eigenvalue weighted by molar-refractivity contribution is 0.142. The number of nitrogens with zero attached hydrogens (tertiary/aromatic N) is 3. The molecule has 0 amide bonds. The van der Waals surface area contributed by atoms with Crippen molar-refractivity contribution < 1.29 is 31.4 Å². The van der Waals surface area contributed by atoms with Crippen molar-refractivity contribution in [3.63, 3.8) is 0 Å². The molecule has 0 bridgehead atoms. The van der Waals surface area contributed by atoms with Gasteiger partial charge in [-0.05, 0) is 42.8 Å². The summed E-state index contributed by atoms with van der Waals surface area (Å²) in [5.41, 5.74) is 1.68. The van der Waals surface area contributed by atoms with Crippen LogP contribution < -0.4 is 14.6 Å². The molecule has 1 saturated heterocycles. The van der Waals surface area contributed by atoms with E-state index < -0.39 is 32.1 Å². The van der Waals surface area contributed by atoms with Gasteiger partial charge in [0.05, 0.1) is 31.5 Å². The number of benzene rings is 2. The van der Waals surface area contributed by atoms with E-state index in [1.54, 1.807) is 6.07 Å². The van der Waals surface area contributed by atoms with Crippen LogP contribution in [0.3, 0.4) is 0 Å². The zero-order valence-electron chi connectivity index (χ0n) is 19.9. The minimum absolute atomic E-state index is 0.0895. The van der Waals surface area contributed by atoms with Crippen LogP contribution in [0.25, 0.3) is 33.2 Å². The summed E-state index contributed by atoms with van der Waals surface area (Å²) in [7, 11) is -3.16. The van der Waals surface area contributed by atoms with Crippen molar-refractivity contribution >= 4 is 20.9 Å². The number of aryl methyl sites for hydroxylation is 1. The third-order valence-electron chi connectivity index (χ3n) is 6.09. The number of methoxy groups -OCH3 is 1. The van der Waals surface area contributed by atoms with Gasteiger partial charge in [0.15, 0.2) is 5.82 Å². The number of aromatic nitrogens is 3. The highest BCUT2D eigenvalue weighted by atomic mass is 32.2. The summed E-state index contributed by atoms with van der Waals surface area (Å²) < 4.78 is 70.8. The molecular weight excluding hydrogens is 506 g/mol. The maximum absolute atomic E-state index is 15.3. The summed E-state index contributed by atoms with van der Waals surface area (Å²) in [6.45, 7) is 2.87. The highest BCUT2D eigenvalue weighted by molar-refractivity contribution is 7.89. The zero-order valence-corrected chi connectivity index (χ0v) is 20.7. The monoisotopic (exact) mass is 528 g/mol. The van der Waals surface area contributed by atoms with Crippen molar-refractivity contribution in [1.29, 1.82) is 0 Å². The van der Waals surface area contributed by atoms with Crippen molar-refractivity contribution in [1.82, 2.24) is 15.0 Å². The molecule has 3 heterocycles. The van der Waals surface area contributed by atoms with Crippen LogP contribution in [0.2, 0.25) is 0 Å². The lowest BCUT2D eigenvalue weighted by Crippen LogP contribution is -2.16.